The molecule has 0 radical (unpaired) electrons. The van der Waals surface area contributed by atoms with E-state index < -0.39 is 11.9 Å². The van der Waals surface area contributed by atoms with Gasteiger partial charge in [0.2, 0.25) is 5.82 Å². The molecule has 1 aliphatic rings. The van der Waals surface area contributed by atoms with Gasteiger partial charge in [-0.2, -0.15) is 0 Å². The topological polar surface area (TPSA) is 83.1 Å². The van der Waals surface area contributed by atoms with Gasteiger partial charge in [0, 0.05) is 13.5 Å². The number of rotatable bonds is 4. The molecule has 0 fully saturated rings. The third-order valence-electron chi connectivity index (χ3n) is 4.52. The predicted molar refractivity (Wildman–Crippen MR) is 110 cm³/mol. The molecule has 0 saturated carbocycles. The van der Waals surface area contributed by atoms with E-state index in [1.54, 1.807) is 0 Å². The number of aromatic amines is 1. The Kier molecular flexibility index (Phi) is 5.03. The monoisotopic (exact) mass is 393 g/mol. The maximum Gasteiger partial charge on any atom is 0.291 e. The molecule has 4 rings (SSSR count). The summed E-state index contributed by atoms with van der Waals surface area (Å²) in [5.41, 5.74) is 1.95. The Morgan fingerprint density at radius 2 is 2.00 bits per heavy atom. The van der Waals surface area contributed by atoms with Crippen molar-refractivity contribution in [1.29, 1.82) is 0 Å². The first-order chi connectivity index (χ1) is 13.6. The summed E-state index contributed by atoms with van der Waals surface area (Å²) < 4.78 is 5.83. The summed E-state index contributed by atoms with van der Waals surface area (Å²) in [5.74, 6) is 1.04. The molecule has 1 amide bonds. The number of aromatic nitrogens is 3. The van der Waals surface area contributed by atoms with Crippen molar-refractivity contribution in [3.8, 4) is 5.75 Å². The molecule has 2 heterocycles. The number of thiocarbonyl (C=S) groups is 1. The second-order valence-electron chi connectivity index (χ2n) is 6.47. The van der Waals surface area contributed by atoms with Crippen LogP contribution in [0.2, 0.25) is 0 Å². The number of likely N-dealkylation sites (N-methyl/N-ethyl adjacent to an activating group) is 1. The summed E-state index contributed by atoms with van der Waals surface area (Å²) in [6, 6.07) is 17.0. The fourth-order valence-electron chi connectivity index (χ4n) is 3.04. The van der Waals surface area contributed by atoms with Crippen LogP contribution in [0, 0.1) is 0 Å². The van der Waals surface area contributed by atoms with Crippen LogP contribution in [-0.4, -0.2) is 45.8 Å². The van der Waals surface area contributed by atoms with Crippen molar-refractivity contribution in [2.75, 3.05) is 18.6 Å². The quantitative estimate of drug-likeness (QED) is 0.662. The average molecular weight is 393 g/mol. The van der Waals surface area contributed by atoms with Crippen LogP contribution in [-0.2, 0) is 6.42 Å². The number of nitrogens with zero attached hydrogens (tertiary/aromatic N) is 3. The molecule has 0 spiro atoms. The van der Waals surface area contributed by atoms with Crippen molar-refractivity contribution >= 4 is 28.8 Å². The molecule has 0 saturated heterocycles. The first kappa shape index (κ1) is 18.1. The molecule has 3 aromatic rings. The highest BCUT2D eigenvalue weighted by molar-refractivity contribution is 7.80. The molecule has 0 aliphatic carbocycles. The van der Waals surface area contributed by atoms with Crippen LogP contribution in [0.5, 0.6) is 5.75 Å². The number of nitrogens with one attached hydrogen (secondary N) is 2. The van der Waals surface area contributed by atoms with Gasteiger partial charge >= 0.3 is 0 Å². The lowest BCUT2D eigenvalue weighted by molar-refractivity contribution is 0.0927. The average Bonchev–Trinajstić information content (AvgIpc) is 3.15. The Hall–Kier alpha value is -3.26. The van der Waals surface area contributed by atoms with Gasteiger partial charge in [-0.05, 0) is 17.7 Å². The van der Waals surface area contributed by atoms with Crippen molar-refractivity contribution in [2.24, 2.45) is 0 Å². The molecule has 1 atom stereocenters. The Bertz CT molecular complexity index is 1000. The largest absolute Gasteiger partial charge is 0.489 e. The minimum Gasteiger partial charge on any atom is -0.489 e. The summed E-state index contributed by atoms with van der Waals surface area (Å²) >= 11 is 5.56. The van der Waals surface area contributed by atoms with Gasteiger partial charge in [-0.3, -0.25) is 9.89 Å². The number of anilines is 1. The Morgan fingerprint density at radius 3 is 2.82 bits per heavy atom. The van der Waals surface area contributed by atoms with Crippen LogP contribution in [0.25, 0.3) is 0 Å². The van der Waals surface area contributed by atoms with E-state index in [1.165, 1.54) is 0 Å². The summed E-state index contributed by atoms with van der Waals surface area (Å²) in [6.07, 6.45) is 0.574. The smallest absolute Gasteiger partial charge is 0.291 e. The third kappa shape index (κ3) is 3.72. The molecular weight excluding hydrogens is 374 g/mol. The zero-order valence-corrected chi connectivity index (χ0v) is 16.1. The second kappa shape index (κ2) is 7.77. The van der Waals surface area contributed by atoms with Crippen LogP contribution in [0.3, 0.4) is 0 Å². The third-order valence-corrected chi connectivity index (χ3v) is 5.07. The number of carbonyl (C=O) groups excluding carboxylic acids is 1. The highest BCUT2D eigenvalue weighted by atomic mass is 32.1. The lowest BCUT2D eigenvalue weighted by Gasteiger charge is -2.23. The van der Waals surface area contributed by atoms with Crippen LogP contribution >= 0.6 is 12.2 Å². The molecular formula is C20H19N5O2S. The minimum atomic E-state index is -0.462. The lowest BCUT2D eigenvalue weighted by atomic mass is 10.1. The Labute approximate surface area is 167 Å². The highest BCUT2D eigenvalue weighted by Crippen LogP contribution is 2.30. The number of benzene rings is 2. The molecule has 28 heavy (non-hydrogen) atoms. The Morgan fingerprint density at radius 1 is 1.25 bits per heavy atom. The summed E-state index contributed by atoms with van der Waals surface area (Å²) in [5, 5.41) is 9.74. The molecule has 142 valence electrons. The first-order valence-electron chi connectivity index (χ1n) is 8.87. The zero-order valence-electron chi connectivity index (χ0n) is 15.3. The van der Waals surface area contributed by atoms with E-state index in [0.29, 0.717) is 17.2 Å². The highest BCUT2D eigenvalue weighted by Gasteiger charge is 2.28. The summed E-state index contributed by atoms with van der Waals surface area (Å²) in [6.45, 7) is 0.243. The fourth-order valence-corrected chi connectivity index (χ4v) is 3.27. The molecule has 2 N–H and O–H groups in total. The van der Waals surface area contributed by atoms with E-state index in [9.17, 15) is 4.79 Å². The number of hydrogen-bond donors (Lipinski definition) is 2. The van der Waals surface area contributed by atoms with Gasteiger partial charge in [0.1, 0.15) is 29.2 Å². The van der Waals surface area contributed by atoms with Crippen LogP contribution in [0.1, 0.15) is 22.0 Å². The number of para-hydroxylation sites is 2. The maximum absolute atomic E-state index is 12.6. The SMILES string of the molecule is CN1C(=S)C(NC(=O)c2n[nH]c(Cc3ccccc3)n2)COc2ccccc21. The van der Waals surface area contributed by atoms with Gasteiger partial charge in [-0.25, -0.2) is 4.98 Å². The van der Waals surface area contributed by atoms with Gasteiger partial charge in [0.25, 0.3) is 5.91 Å². The molecule has 7 nitrogen and oxygen atoms in total. The van der Waals surface area contributed by atoms with Crippen LogP contribution in [0.15, 0.2) is 54.6 Å². The van der Waals surface area contributed by atoms with E-state index in [2.05, 4.69) is 20.5 Å². The van der Waals surface area contributed by atoms with Gasteiger partial charge in [-0.15, -0.1) is 5.10 Å². The van der Waals surface area contributed by atoms with Gasteiger partial charge in [0.05, 0.1) is 5.69 Å². The number of hydrogen-bond acceptors (Lipinski definition) is 5. The van der Waals surface area contributed by atoms with Crippen molar-refractivity contribution in [1.82, 2.24) is 20.5 Å². The van der Waals surface area contributed by atoms with Gasteiger partial charge in [0.15, 0.2) is 0 Å². The molecule has 0 bridgehead atoms. The van der Waals surface area contributed by atoms with E-state index >= 15 is 0 Å². The number of H-pyrrole nitrogens is 1. The number of fused-ring (bicyclic) bond motifs is 1. The van der Waals surface area contributed by atoms with Crippen molar-refractivity contribution < 1.29 is 9.53 Å². The van der Waals surface area contributed by atoms with Crippen LogP contribution < -0.4 is 15.0 Å². The van der Waals surface area contributed by atoms with Gasteiger partial charge < -0.3 is 15.0 Å². The lowest BCUT2D eigenvalue weighted by Crippen LogP contribution is -2.48. The standard InChI is InChI=1S/C20H19N5O2S/c1-25-15-9-5-6-10-16(15)27-12-14(20(25)28)21-19(26)18-22-17(23-24-18)11-13-7-3-2-4-8-13/h2-10,14H,11-12H2,1H3,(H,21,26)(H,22,23,24). The number of ether oxygens (including phenoxy) is 1. The van der Waals surface area contributed by atoms with Crippen LogP contribution in [0.4, 0.5) is 5.69 Å². The van der Waals surface area contributed by atoms with Crippen molar-refractivity contribution in [3.63, 3.8) is 0 Å². The first-order valence-corrected chi connectivity index (χ1v) is 9.28. The van der Waals surface area contributed by atoms with Gasteiger partial charge in [-0.1, -0.05) is 54.7 Å². The zero-order chi connectivity index (χ0) is 19.5. The second-order valence-corrected chi connectivity index (χ2v) is 6.89. The molecule has 1 aromatic heterocycles. The fraction of sp³-hybridized carbons (Fsp3) is 0.200. The van der Waals surface area contributed by atoms with Crippen molar-refractivity contribution in [3.05, 3.63) is 71.8 Å². The summed E-state index contributed by atoms with van der Waals surface area (Å²) in [4.78, 5) is 19.3. The molecule has 1 unspecified atom stereocenters. The van der Waals surface area contributed by atoms with E-state index in [-0.39, 0.29) is 12.4 Å². The Balaban J connectivity index is 1.45. The minimum absolute atomic E-state index is 0.0816. The van der Waals surface area contributed by atoms with E-state index in [0.717, 1.165) is 17.0 Å². The van der Waals surface area contributed by atoms with Crippen molar-refractivity contribution in [2.45, 2.75) is 12.5 Å². The van der Waals surface area contributed by atoms with E-state index in [1.807, 2.05) is 66.5 Å². The molecule has 2 aromatic carbocycles. The molecule has 8 heteroatoms. The summed E-state index contributed by atoms with van der Waals surface area (Å²) in [7, 11) is 1.86. The number of amides is 1. The number of carbonyl (C=O) groups is 1. The maximum atomic E-state index is 12.6. The predicted octanol–water partition coefficient (Wildman–Crippen LogP) is 2.35. The normalized spacial score (nSPS) is 16.1. The molecule has 1 aliphatic heterocycles. The van der Waals surface area contributed by atoms with E-state index in [4.69, 9.17) is 17.0 Å².